The molecule has 1 aliphatic heterocycles. The molecule has 1 amide bonds. The van der Waals surface area contributed by atoms with Crippen molar-refractivity contribution in [3.63, 3.8) is 0 Å². The molecular weight excluding hydrogens is 691 g/mol. The lowest BCUT2D eigenvalue weighted by atomic mass is 10.1. The van der Waals surface area contributed by atoms with Crippen LogP contribution >= 0.6 is 11.3 Å². The molecule has 2 N–H and O–H groups in total. The smallest absolute Gasteiger partial charge is 0.430 e. The Kier molecular flexibility index (Phi) is 11.4. The molecule has 12 nitrogen and oxygen atoms in total. The summed E-state index contributed by atoms with van der Waals surface area (Å²) in [6, 6.07) is 10.0. The van der Waals surface area contributed by atoms with Gasteiger partial charge in [0.05, 0.1) is 19.7 Å². The highest BCUT2D eigenvalue weighted by molar-refractivity contribution is 7.93. The van der Waals surface area contributed by atoms with Gasteiger partial charge in [-0.2, -0.15) is 0 Å². The normalized spacial score (nSPS) is 13.6. The number of methoxy groups -OCH3 is 2. The average Bonchev–Trinajstić information content (AvgIpc) is 3.79. The summed E-state index contributed by atoms with van der Waals surface area (Å²) in [5.74, 6) is -0.168. The molecule has 5 rings (SSSR count). The second kappa shape index (κ2) is 15.6. The van der Waals surface area contributed by atoms with Gasteiger partial charge in [-0.15, -0.1) is 15.6 Å². The molecule has 2 aromatic heterocycles. The minimum absolute atomic E-state index is 0.0494. The van der Waals surface area contributed by atoms with Gasteiger partial charge in [0.15, 0.2) is 5.82 Å². The molecule has 0 bridgehead atoms. The molecule has 0 aliphatic carbocycles. The molecule has 16 heteroatoms. The summed E-state index contributed by atoms with van der Waals surface area (Å²) in [5.41, 5.74) is 1.42. The number of amides is 1. The highest BCUT2D eigenvalue weighted by atomic mass is 32.2. The predicted octanol–water partition coefficient (Wildman–Crippen LogP) is 6.78. The van der Waals surface area contributed by atoms with Crippen LogP contribution in [0.1, 0.15) is 50.3 Å². The molecule has 0 unspecified atom stereocenters. The number of hydrogen-bond donors (Lipinski definition) is 2. The minimum Gasteiger partial charge on any atom is -0.497 e. The van der Waals surface area contributed by atoms with Crippen LogP contribution in [0.25, 0.3) is 0 Å². The number of aromatic nitrogens is 2. The summed E-state index contributed by atoms with van der Waals surface area (Å²) in [5, 5.41) is 7.51. The van der Waals surface area contributed by atoms with Gasteiger partial charge in [-0.05, 0) is 83.1 Å². The number of halogens is 2. The van der Waals surface area contributed by atoms with Crippen molar-refractivity contribution in [1.82, 2.24) is 14.9 Å². The standard InChI is InChI=1S/C34H40F2N6O6S2/c1-34(2,3)48-33(43)42(31-20-49-21-39-31)50(44,45)29-12-13-30(40-32(29)38-17-22-8-9-23(46-4)16-28(22)47-5)37-18-24-25(19-41-14-6-7-15-41)27(36)11-10-26(24)35/h8-13,16,20-21H,6-7,14-15,17-19H2,1-5H3,(H2,37,38,40). The van der Waals surface area contributed by atoms with E-state index in [0.29, 0.717) is 21.4 Å². The summed E-state index contributed by atoms with van der Waals surface area (Å²) in [7, 11) is -1.67. The van der Waals surface area contributed by atoms with Crippen LogP contribution in [0.3, 0.4) is 0 Å². The van der Waals surface area contributed by atoms with Crippen molar-refractivity contribution in [2.45, 2.75) is 63.7 Å². The molecule has 0 radical (unpaired) electrons. The third kappa shape index (κ3) is 8.60. The zero-order valence-corrected chi connectivity index (χ0v) is 30.1. The van der Waals surface area contributed by atoms with Crippen molar-refractivity contribution in [2.24, 2.45) is 0 Å². The number of anilines is 3. The molecule has 1 fully saturated rings. The number of nitrogens with zero attached hydrogens (tertiary/aromatic N) is 4. The molecule has 0 saturated carbocycles. The first-order valence-electron chi connectivity index (χ1n) is 15.8. The van der Waals surface area contributed by atoms with Gasteiger partial charge < -0.3 is 24.8 Å². The molecule has 268 valence electrons. The van der Waals surface area contributed by atoms with Crippen LogP contribution in [-0.4, -0.2) is 62.3 Å². The largest absolute Gasteiger partial charge is 0.497 e. The van der Waals surface area contributed by atoms with Gasteiger partial charge in [0.25, 0.3) is 10.0 Å². The number of benzene rings is 2. The van der Waals surface area contributed by atoms with E-state index in [9.17, 15) is 13.2 Å². The van der Waals surface area contributed by atoms with E-state index >= 15 is 8.78 Å². The van der Waals surface area contributed by atoms with Crippen LogP contribution < -0.4 is 24.4 Å². The number of thiazole rings is 1. The Balaban J connectivity index is 1.52. The monoisotopic (exact) mass is 730 g/mol. The highest BCUT2D eigenvalue weighted by Gasteiger charge is 2.38. The number of nitrogens with one attached hydrogen (secondary N) is 2. The van der Waals surface area contributed by atoms with E-state index in [0.717, 1.165) is 49.4 Å². The quantitative estimate of drug-likeness (QED) is 0.151. The van der Waals surface area contributed by atoms with Crippen molar-refractivity contribution in [1.29, 1.82) is 0 Å². The van der Waals surface area contributed by atoms with Gasteiger partial charge in [0, 0.05) is 47.8 Å². The van der Waals surface area contributed by atoms with Crippen molar-refractivity contribution >= 4 is 44.9 Å². The number of sulfonamides is 1. The molecule has 2 aromatic carbocycles. The van der Waals surface area contributed by atoms with Crippen molar-refractivity contribution in [3.05, 3.63) is 81.7 Å². The van der Waals surface area contributed by atoms with Crippen molar-refractivity contribution in [2.75, 3.05) is 42.2 Å². The van der Waals surface area contributed by atoms with Crippen LogP contribution in [0.15, 0.2) is 58.3 Å². The van der Waals surface area contributed by atoms with Crippen LogP contribution in [0.4, 0.5) is 31.0 Å². The summed E-state index contributed by atoms with van der Waals surface area (Å²) in [4.78, 5) is 23.7. The van der Waals surface area contributed by atoms with Gasteiger partial charge in [-0.1, -0.05) is 0 Å². The molecule has 1 aliphatic rings. The van der Waals surface area contributed by atoms with Crippen LogP contribution in [0, 0.1) is 11.6 Å². The van der Waals surface area contributed by atoms with E-state index in [-0.39, 0.29) is 53.1 Å². The van der Waals surface area contributed by atoms with E-state index in [2.05, 4.69) is 25.5 Å². The first-order chi connectivity index (χ1) is 23.8. The van der Waals surface area contributed by atoms with Gasteiger partial charge in [-0.25, -0.2) is 32.0 Å². The number of likely N-dealkylation sites (tertiary alicyclic amines) is 1. The lowest BCUT2D eigenvalue weighted by Crippen LogP contribution is -2.41. The molecule has 50 heavy (non-hydrogen) atoms. The Morgan fingerprint density at radius 2 is 1.70 bits per heavy atom. The maximum Gasteiger partial charge on any atom is 0.430 e. The third-order valence-electron chi connectivity index (χ3n) is 7.85. The Labute approximate surface area is 294 Å². The lowest BCUT2D eigenvalue weighted by molar-refractivity contribution is 0.0608. The summed E-state index contributed by atoms with van der Waals surface area (Å²) in [6.45, 7) is 6.64. The lowest BCUT2D eigenvalue weighted by Gasteiger charge is -2.26. The Bertz CT molecular complexity index is 1920. The zero-order chi connectivity index (χ0) is 36.1. The molecule has 1 saturated heterocycles. The number of hydrogen-bond acceptors (Lipinski definition) is 12. The van der Waals surface area contributed by atoms with Crippen LogP contribution in [0.2, 0.25) is 0 Å². The molecular formula is C34H40F2N6O6S2. The maximum absolute atomic E-state index is 15.1. The van der Waals surface area contributed by atoms with Crippen LogP contribution in [0.5, 0.6) is 11.5 Å². The minimum atomic E-state index is -4.69. The van der Waals surface area contributed by atoms with Crippen molar-refractivity contribution < 1.29 is 36.2 Å². The SMILES string of the molecule is COc1ccc(CNc2nc(NCc3c(F)ccc(F)c3CN3CCCC3)ccc2S(=O)(=O)N(C(=O)OC(C)(C)C)c2cscn2)c(OC)c1. The predicted molar refractivity (Wildman–Crippen MR) is 187 cm³/mol. The maximum atomic E-state index is 15.1. The second-order valence-corrected chi connectivity index (χ2v) is 15.0. The Hall–Kier alpha value is -4.54. The number of carbonyl (C=O) groups is 1. The van der Waals surface area contributed by atoms with Crippen LogP contribution in [-0.2, 0) is 34.4 Å². The summed E-state index contributed by atoms with van der Waals surface area (Å²) >= 11 is 1.10. The average molecular weight is 731 g/mol. The Morgan fingerprint density at radius 3 is 2.34 bits per heavy atom. The fraction of sp³-hybridized carbons (Fsp3) is 0.382. The highest BCUT2D eigenvalue weighted by Crippen LogP contribution is 2.32. The molecule has 4 aromatic rings. The van der Waals surface area contributed by atoms with Gasteiger partial charge in [0.2, 0.25) is 0 Å². The summed E-state index contributed by atoms with van der Waals surface area (Å²) in [6.07, 6.45) is 0.839. The van der Waals surface area contributed by atoms with E-state index in [1.165, 1.54) is 37.2 Å². The van der Waals surface area contributed by atoms with E-state index in [1.54, 1.807) is 39.0 Å². The topological polar surface area (TPSA) is 135 Å². The van der Waals surface area contributed by atoms with E-state index in [4.69, 9.17) is 14.2 Å². The number of rotatable bonds is 13. The second-order valence-electron chi connectivity index (χ2n) is 12.5. The van der Waals surface area contributed by atoms with Gasteiger partial charge >= 0.3 is 6.09 Å². The molecule has 0 spiro atoms. The fourth-order valence-electron chi connectivity index (χ4n) is 5.42. The number of carbonyl (C=O) groups excluding carboxylic acids is 1. The van der Waals surface area contributed by atoms with Crippen molar-refractivity contribution in [3.8, 4) is 11.5 Å². The molecule has 3 heterocycles. The van der Waals surface area contributed by atoms with Gasteiger partial charge in [0.1, 0.15) is 45.3 Å². The van der Waals surface area contributed by atoms with E-state index < -0.39 is 33.4 Å². The first kappa shape index (κ1) is 36.7. The first-order valence-corrected chi connectivity index (χ1v) is 18.2. The number of ether oxygens (including phenoxy) is 3. The van der Waals surface area contributed by atoms with E-state index in [1.807, 2.05) is 0 Å². The zero-order valence-electron chi connectivity index (χ0n) is 28.5. The fourth-order valence-corrected chi connectivity index (χ4v) is 7.38. The molecule has 0 atom stereocenters. The number of pyridine rings is 1. The Morgan fingerprint density at radius 1 is 0.980 bits per heavy atom. The third-order valence-corrected chi connectivity index (χ3v) is 10.1. The van der Waals surface area contributed by atoms with Gasteiger partial charge in [-0.3, -0.25) is 4.90 Å². The summed E-state index contributed by atoms with van der Waals surface area (Å²) < 4.78 is 75.6.